The Kier molecular flexibility index (Phi) is 7.37. The van der Waals surface area contributed by atoms with Gasteiger partial charge in [0.25, 0.3) is 5.91 Å². The number of anilines is 2. The Balaban J connectivity index is 1.29. The van der Waals surface area contributed by atoms with E-state index < -0.39 is 17.8 Å². The first-order chi connectivity index (χ1) is 19.3. The number of aliphatic carboxylic acids is 1. The van der Waals surface area contributed by atoms with E-state index in [-0.39, 0.29) is 23.9 Å². The molecule has 0 radical (unpaired) electrons. The summed E-state index contributed by atoms with van der Waals surface area (Å²) in [5.41, 5.74) is 4.70. The number of fused-ring (bicyclic) bond motifs is 1. The molecule has 1 atom stereocenters. The minimum absolute atomic E-state index is 0.0552. The van der Waals surface area contributed by atoms with Crippen LogP contribution < -0.4 is 10.6 Å². The SMILES string of the molecule is Cc1ccoc1C(=O)Nc1cccc(C(=O)c2ccc3c(c2)NC(=O)C3C=Nc2ccc(CCC(=O)O)cc2)c1. The van der Waals surface area contributed by atoms with Crippen LogP contribution in [0.3, 0.4) is 0 Å². The fraction of sp³-hybridized carbons (Fsp3) is 0.129. The zero-order chi connectivity index (χ0) is 28.2. The fourth-order valence-corrected chi connectivity index (χ4v) is 4.44. The van der Waals surface area contributed by atoms with Crippen molar-refractivity contribution in [2.75, 3.05) is 10.6 Å². The number of nitrogens with zero attached hydrogens (tertiary/aromatic N) is 1. The third-order valence-electron chi connectivity index (χ3n) is 6.58. The van der Waals surface area contributed by atoms with Crippen LogP contribution in [0.4, 0.5) is 17.1 Å². The maximum Gasteiger partial charge on any atom is 0.303 e. The van der Waals surface area contributed by atoms with Crippen molar-refractivity contribution >= 4 is 46.8 Å². The molecule has 4 aromatic rings. The number of carboxylic acid groups (broad SMARTS) is 1. The second kappa shape index (κ2) is 11.2. The molecule has 3 N–H and O–H groups in total. The summed E-state index contributed by atoms with van der Waals surface area (Å²) in [6, 6.07) is 20.5. The molecular weight excluding hydrogens is 510 g/mol. The number of carboxylic acids is 1. The van der Waals surface area contributed by atoms with E-state index in [9.17, 15) is 19.2 Å². The van der Waals surface area contributed by atoms with Gasteiger partial charge in [0, 0.05) is 40.7 Å². The van der Waals surface area contributed by atoms with E-state index in [1.807, 2.05) is 12.1 Å². The first kappa shape index (κ1) is 26.3. The lowest BCUT2D eigenvalue weighted by Crippen LogP contribution is -2.12. The number of furan rings is 1. The Hall–Kier alpha value is -5.31. The van der Waals surface area contributed by atoms with E-state index in [4.69, 9.17) is 9.52 Å². The predicted molar refractivity (Wildman–Crippen MR) is 150 cm³/mol. The van der Waals surface area contributed by atoms with Crippen molar-refractivity contribution < 1.29 is 28.7 Å². The molecule has 0 bridgehead atoms. The minimum Gasteiger partial charge on any atom is -0.481 e. The van der Waals surface area contributed by atoms with Gasteiger partial charge in [-0.3, -0.25) is 24.2 Å². The van der Waals surface area contributed by atoms with Gasteiger partial charge in [0.1, 0.15) is 5.92 Å². The Bertz CT molecular complexity index is 1650. The fourth-order valence-electron chi connectivity index (χ4n) is 4.44. The van der Waals surface area contributed by atoms with Crippen molar-refractivity contribution in [3.8, 4) is 0 Å². The van der Waals surface area contributed by atoms with Crippen LogP contribution in [0.5, 0.6) is 0 Å². The largest absolute Gasteiger partial charge is 0.481 e. The second-order valence-corrected chi connectivity index (χ2v) is 9.40. The summed E-state index contributed by atoms with van der Waals surface area (Å²) in [5.74, 6) is -2.18. The summed E-state index contributed by atoms with van der Waals surface area (Å²) in [6.07, 6.45) is 3.49. The molecule has 0 aliphatic carbocycles. The first-order valence-electron chi connectivity index (χ1n) is 12.6. The zero-order valence-electron chi connectivity index (χ0n) is 21.5. The van der Waals surface area contributed by atoms with Crippen molar-refractivity contribution in [3.05, 3.63) is 113 Å². The van der Waals surface area contributed by atoms with Gasteiger partial charge < -0.3 is 20.2 Å². The van der Waals surface area contributed by atoms with Crippen LogP contribution >= 0.6 is 0 Å². The van der Waals surface area contributed by atoms with Gasteiger partial charge in [-0.1, -0.05) is 36.4 Å². The summed E-state index contributed by atoms with van der Waals surface area (Å²) < 4.78 is 5.23. The third-order valence-corrected chi connectivity index (χ3v) is 6.58. The zero-order valence-corrected chi connectivity index (χ0v) is 21.5. The number of amides is 2. The number of carbonyl (C=O) groups excluding carboxylic acids is 3. The number of hydrogen-bond donors (Lipinski definition) is 3. The first-order valence-corrected chi connectivity index (χ1v) is 12.6. The monoisotopic (exact) mass is 535 g/mol. The average molecular weight is 536 g/mol. The summed E-state index contributed by atoms with van der Waals surface area (Å²) in [4.78, 5) is 53.6. The molecule has 0 saturated carbocycles. The van der Waals surface area contributed by atoms with Gasteiger partial charge >= 0.3 is 5.97 Å². The number of aryl methyl sites for hydroxylation is 2. The highest BCUT2D eigenvalue weighted by atomic mass is 16.4. The van der Waals surface area contributed by atoms with Crippen LogP contribution in [0.25, 0.3) is 0 Å². The van der Waals surface area contributed by atoms with E-state index in [0.717, 1.165) is 5.56 Å². The molecular formula is C31H25N3O6. The van der Waals surface area contributed by atoms with E-state index in [0.29, 0.717) is 45.7 Å². The molecule has 9 nitrogen and oxygen atoms in total. The summed E-state index contributed by atoms with van der Waals surface area (Å²) >= 11 is 0. The highest BCUT2D eigenvalue weighted by Gasteiger charge is 2.30. The van der Waals surface area contributed by atoms with Crippen molar-refractivity contribution in [3.63, 3.8) is 0 Å². The van der Waals surface area contributed by atoms with Gasteiger partial charge in [-0.05, 0) is 60.9 Å². The van der Waals surface area contributed by atoms with Crippen molar-refractivity contribution in [2.45, 2.75) is 25.7 Å². The highest BCUT2D eigenvalue weighted by molar-refractivity contribution is 6.15. The third kappa shape index (κ3) is 5.73. The van der Waals surface area contributed by atoms with Crippen molar-refractivity contribution in [1.29, 1.82) is 0 Å². The van der Waals surface area contributed by atoms with Gasteiger partial charge in [0.15, 0.2) is 11.5 Å². The van der Waals surface area contributed by atoms with Gasteiger partial charge in [-0.15, -0.1) is 0 Å². The van der Waals surface area contributed by atoms with Crippen molar-refractivity contribution in [1.82, 2.24) is 0 Å². The molecule has 1 aromatic heterocycles. The van der Waals surface area contributed by atoms with Gasteiger partial charge in [0.05, 0.1) is 12.0 Å². The Morgan fingerprint density at radius 2 is 1.80 bits per heavy atom. The molecule has 200 valence electrons. The lowest BCUT2D eigenvalue weighted by Gasteiger charge is -2.08. The number of ketones is 1. The summed E-state index contributed by atoms with van der Waals surface area (Å²) in [5, 5.41) is 14.4. The Morgan fingerprint density at radius 3 is 2.52 bits per heavy atom. The van der Waals surface area contributed by atoms with Crippen LogP contribution in [0.2, 0.25) is 0 Å². The van der Waals surface area contributed by atoms with Gasteiger partial charge in [-0.25, -0.2) is 0 Å². The topological polar surface area (TPSA) is 138 Å². The maximum absolute atomic E-state index is 13.2. The molecule has 0 fully saturated rings. The number of aliphatic imine (C=N–C) groups is 1. The van der Waals surface area contributed by atoms with Gasteiger partial charge in [-0.2, -0.15) is 0 Å². The predicted octanol–water partition coefficient (Wildman–Crippen LogP) is 5.53. The quantitative estimate of drug-likeness (QED) is 0.190. The summed E-state index contributed by atoms with van der Waals surface area (Å²) in [6.45, 7) is 1.77. The molecule has 40 heavy (non-hydrogen) atoms. The standard InChI is InChI=1S/C31H25N3O6/c1-18-13-14-40-29(18)31(39)33-23-4-2-3-20(15-23)28(37)21-8-11-24-25(30(38)34-26(24)16-21)17-32-22-9-5-19(6-10-22)7-12-27(35)36/h2-6,8-11,13-17,25H,7,12H2,1H3,(H,33,39)(H,34,38)(H,35,36). The van der Waals surface area contributed by atoms with E-state index in [1.54, 1.807) is 73.8 Å². The molecule has 2 heterocycles. The molecule has 0 spiro atoms. The van der Waals surface area contributed by atoms with E-state index >= 15 is 0 Å². The number of nitrogens with one attached hydrogen (secondary N) is 2. The minimum atomic E-state index is -0.851. The van der Waals surface area contributed by atoms with Crippen LogP contribution in [0.1, 0.15) is 55.5 Å². The van der Waals surface area contributed by atoms with Crippen LogP contribution in [0.15, 0.2) is 88.5 Å². The molecule has 3 aromatic carbocycles. The molecule has 0 saturated heterocycles. The van der Waals surface area contributed by atoms with Crippen LogP contribution in [-0.4, -0.2) is 34.9 Å². The molecule has 1 unspecified atom stereocenters. The number of carbonyl (C=O) groups is 4. The normalized spacial score (nSPS) is 14.1. The Labute approximate surface area is 229 Å². The number of benzene rings is 3. The lowest BCUT2D eigenvalue weighted by atomic mass is 9.97. The highest BCUT2D eigenvalue weighted by Crippen LogP contribution is 2.33. The van der Waals surface area contributed by atoms with Crippen molar-refractivity contribution in [2.24, 2.45) is 4.99 Å². The maximum atomic E-state index is 13.2. The average Bonchev–Trinajstić information content (AvgIpc) is 3.52. The Morgan fingerprint density at radius 1 is 1.02 bits per heavy atom. The van der Waals surface area contributed by atoms with Crippen LogP contribution in [-0.2, 0) is 16.0 Å². The number of rotatable bonds is 9. The van der Waals surface area contributed by atoms with Gasteiger partial charge in [0.2, 0.25) is 5.91 Å². The summed E-state index contributed by atoms with van der Waals surface area (Å²) in [7, 11) is 0. The lowest BCUT2D eigenvalue weighted by molar-refractivity contribution is -0.137. The van der Waals surface area contributed by atoms with Crippen LogP contribution in [0, 0.1) is 6.92 Å². The molecule has 5 rings (SSSR count). The molecule has 9 heteroatoms. The second-order valence-electron chi connectivity index (χ2n) is 9.40. The molecule has 2 amide bonds. The smallest absolute Gasteiger partial charge is 0.303 e. The van der Waals surface area contributed by atoms with E-state index in [2.05, 4.69) is 15.6 Å². The number of hydrogen-bond acceptors (Lipinski definition) is 6. The van der Waals surface area contributed by atoms with E-state index in [1.165, 1.54) is 6.26 Å². The molecule has 1 aliphatic rings. The molecule has 1 aliphatic heterocycles.